The summed E-state index contributed by atoms with van der Waals surface area (Å²) in [5.74, 6) is -0.0679. The van der Waals surface area contributed by atoms with Crippen molar-refractivity contribution in [2.24, 2.45) is 9.63 Å². The molecule has 1 aromatic heterocycles. The molecule has 3 rings (SSSR count). The van der Waals surface area contributed by atoms with E-state index in [-0.39, 0.29) is 16.5 Å². The predicted molar refractivity (Wildman–Crippen MR) is 96.7 cm³/mol. The average molecular weight is 357 g/mol. The number of hydrogen-bond donors (Lipinski definition) is 1. The largest absolute Gasteiger partial charge is 0.493 e. The van der Waals surface area contributed by atoms with Gasteiger partial charge in [-0.1, -0.05) is 54.3 Å². The van der Waals surface area contributed by atoms with Gasteiger partial charge in [0.2, 0.25) is 5.88 Å². The van der Waals surface area contributed by atoms with Gasteiger partial charge in [0.05, 0.1) is 10.4 Å². The predicted octanol–water partition coefficient (Wildman–Crippen LogP) is 4.62. The molecule has 0 unspecified atom stereocenters. The second kappa shape index (κ2) is 7.06. The van der Waals surface area contributed by atoms with Crippen LogP contribution in [-0.2, 0) is 16.6 Å². The quantitative estimate of drug-likeness (QED) is 0.653. The molecule has 0 saturated carbocycles. The molecule has 6 nitrogen and oxygen atoms in total. The lowest BCUT2D eigenvalue weighted by Crippen LogP contribution is -1.96. The van der Waals surface area contributed by atoms with E-state index < -0.39 is 10.0 Å². The van der Waals surface area contributed by atoms with Crippen LogP contribution in [0.1, 0.15) is 19.8 Å². The summed E-state index contributed by atoms with van der Waals surface area (Å²) in [6, 6.07) is 15.2. The summed E-state index contributed by atoms with van der Waals surface area (Å²) in [6.07, 6.45) is 1.87. The van der Waals surface area contributed by atoms with Gasteiger partial charge in [-0.25, -0.2) is 0 Å². The van der Waals surface area contributed by atoms with Crippen molar-refractivity contribution in [3.63, 3.8) is 0 Å². The molecular weight excluding hydrogens is 338 g/mol. The fraction of sp³-hybridized carbons (Fsp3) is 0.222. The lowest BCUT2D eigenvalue weighted by Gasteiger charge is -2.05. The highest BCUT2D eigenvalue weighted by molar-refractivity contribution is 7.90. The number of nitrogens with zero attached hydrogens (tertiary/aromatic N) is 3. The summed E-state index contributed by atoms with van der Waals surface area (Å²) in [6.45, 7) is 2.69. The SMILES string of the molecule is CCCCn1c(O)c(N=NS(=O)(=O)c2ccccc2)c2ccccc21. The van der Waals surface area contributed by atoms with Gasteiger partial charge in [0, 0.05) is 11.9 Å². The number of aryl methyl sites for hydroxylation is 1. The van der Waals surface area contributed by atoms with Crippen LogP contribution in [0.2, 0.25) is 0 Å². The molecule has 0 radical (unpaired) electrons. The van der Waals surface area contributed by atoms with Crippen molar-refractivity contribution in [3.8, 4) is 5.88 Å². The van der Waals surface area contributed by atoms with E-state index in [1.54, 1.807) is 28.8 Å². The van der Waals surface area contributed by atoms with Gasteiger partial charge in [-0.05, 0) is 24.6 Å². The second-order valence-corrected chi connectivity index (χ2v) is 7.25. The Bertz CT molecular complexity index is 1010. The highest BCUT2D eigenvalue weighted by Crippen LogP contribution is 2.39. The highest BCUT2D eigenvalue weighted by Gasteiger charge is 2.18. The van der Waals surface area contributed by atoms with Gasteiger partial charge in [0.15, 0.2) is 5.69 Å². The summed E-state index contributed by atoms with van der Waals surface area (Å²) in [7, 11) is -3.91. The molecule has 0 amide bonds. The molecule has 0 fully saturated rings. The Morgan fingerprint density at radius 3 is 2.44 bits per heavy atom. The van der Waals surface area contributed by atoms with Gasteiger partial charge in [0.1, 0.15) is 0 Å². The number of rotatable bonds is 6. The van der Waals surface area contributed by atoms with Crippen LogP contribution >= 0.6 is 0 Å². The normalized spacial score (nSPS) is 12.2. The molecule has 1 N–H and O–H groups in total. The van der Waals surface area contributed by atoms with Crippen LogP contribution in [0.3, 0.4) is 0 Å². The number of fused-ring (bicyclic) bond motifs is 1. The summed E-state index contributed by atoms with van der Waals surface area (Å²) in [4.78, 5) is 0.0629. The maximum Gasteiger partial charge on any atom is 0.299 e. The van der Waals surface area contributed by atoms with Crippen molar-refractivity contribution in [2.45, 2.75) is 31.2 Å². The summed E-state index contributed by atoms with van der Waals surface area (Å²) in [5, 5.41) is 15.1. The first-order valence-corrected chi connectivity index (χ1v) is 9.52. The van der Waals surface area contributed by atoms with Crippen molar-refractivity contribution in [1.82, 2.24) is 4.57 Å². The van der Waals surface area contributed by atoms with Gasteiger partial charge in [-0.15, -0.1) is 5.11 Å². The van der Waals surface area contributed by atoms with Crippen LogP contribution in [0.15, 0.2) is 69.1 Å². The number of para-hydroxylation sites is 1. The van der Waals surface area contributed by atoms with E-state index in [9.17, 15) is 13.5 Å². The Morgan fingerprint density at radius 1 is 1.04 bits per heavy atom. The molecule has 0 aliphatic heterocycles. The number of aromatic hydroxyl groups is 1. The Kier molecular flexibility index (Phi) is 4.85. The Morgan fingerprint density at radius 2 is 1.72 bits per heavy atom. The van der Waals surface area contributed by atoms with Crippen LogP contribution in [0, 0.1) is 0 Å². The van der Waals surface area contributed by atoms with Crippen LogP contribution in [0.25, 0.3) is 10.9 Å². The Labute approximate surface area is 146 Å². The van der Waals surface area contributed by atoms with E-state index in [4.69, 9.17) is 0 Å². The molecule has 7 heteroatoms. The summed E-state index contributed by atoms with van der Waals surface area (Å²) < 4.78 is 29.8. The van der Waals surface area contributed by atoms with Gasteiger partial charge >= 0.3 is 0 Å². The molecule has 0 aliphatic rings. The number of benzene rings is 2. The molecule has 0 bridgehead atoms. The zero-order valence-corrected chi connectivity index (χ0v) is 14.6. The lowest BCUT2D eigenvalue weighted by molar-refractivity contribution is 0.418. The van der Waals surface area contributed by atoms with Gasteiger partial charge in [-0.3, -0.25) is 0 Å². The molecule has 2 aromatic carbocycles. The molecule has 25 heavy (non-hydrogen) atoms. The van der Waals surface area contributed by atoms with Crippen molar-refractivity contribution < 1.29 is 13.5 Å². The van der Waals surface area contributed by atoms with E-state index >= 15 is 0 Å². The van der Waals surface area contributed by atoms with Crippen LogP contribution < -0.4 is 0 Å². The van der Waals surface area contributed by atoms with Crippen molar-refractivity contribution in [1.29, 1.82) is 0 Å². The zero-order chi connectivity index (χ0) is 17.9. The summed E-state index contributed by atoms with van der Waals surface area (Å²) in [5.41, 5.74) is 0.978. The molecule has 0 saturated heterocycles. The maximum atomic E-state index is 12.3. The van der Waals surface area contributed by atoms with Gasteiger partial charge in [0.25, 0.3) is 10.0 Å². The molecule has 1 heterocycles. The molecule has 0 spiro atoms. The third-order valence-corrected chi connectivity index (χ3v) is 5.11. The fourth-order valence-corrected chi connectivity index (χ4v) is 3.43. The van der Waals surface area contributed by atoms with Crippen LogP contribution in [0.5, 0.6) is 5.88 Å². The third-order valence-electron chi connectivity index (χ3n) is 3.94. The molecule has 0 aliphatic carbocycles. The topological polar surface area (TPSA) is 84.0 Å². The number of unbranched alkanes of at least 4 members (excludes halogenated alkanes) is 1. The first kappa shape index (κ1) is 17.2. The molecule has 130 valence electrons. The van der Waals surface area contributed by atoms with Crippen molar-refractivity contribution >= 4 is 26.6 Å². The van der Waals surface area contributed by atoms with Crippen molar-refractivity contribution in [3.05, 3.63) is 54.6 Å². The minimum Gasteiger partial charge on any atom is -0.493 e. The first-order valence-electron chi connectivity index (χ1n) is 8.08. The number of aromatic nitrogens is 1. The van der Waals surface area contributed by atoms with E-state index in [0.29, 0.717) is 11.9 Å². The van der Waals surface area contributed by atoms with E-state index in [1.807, 2.05) is 18.2 Å². The minimum atomic E-state index is -3.91. The van der Waals surface area contributed by atoms with Gasteiger partial charge < -0.3 is 9.67 Å². The second-order valence-electron chi connectivity index (χ2n) is 5.66. The highest BCUT2D eigenvalue weighted by atomic mass is 32.2. The van der Waals surface area contributed by atoms with Gasteiger partial charge in [-0.2, -0.15) is 8.42 Å². The smallest absolute Gasteiger partial charge is 0.299 e. The van der Waals surface area contributed by atoms with Crippen molar-refractivity contribution in [2.75, 3.05) is 0 Å². The number of hydrogen-bond acceptors (Lipinski definition) is 4. The fourth-order valence-electron chi connectivity index (χ4n) is 2.65. The van der Waals surface area contributed by atoms with E-state index in [2.05, 4.69) is 16.6 Å². The molecular formula is C18H19N3O3S. The maximum absolute atomic E-state index is 12.3. The average Bonchev–Trinajstić information content (AvgIpc) is 2.90. The molecule has 0 atom stereocenters. The number of sulfonamides is 1. The molecule has 3 aromatic rings. The van der Waals surface area contributed by atoms with E-state index in [0.717, 1.165) is 18.4 Å². The lowest BCUT2D eigenvalue weighted by atomic mass is 10.2. The zero-order valence-electron chi connectivity index (χ0n) is 13.8. The Balaban J connectivity index is 2.06. The van der Waals surface area contributed by atoms with E-state index in [1.165, 1.54) is 12.1 Å². The Hall–Kier alpha value is -2.67. The van der Waals surface area contributed by atoms with Crippen LogP contribution in [0.4, 0.5) is 5.69 Å². The van der Waals surface area contributed by atoms with Crippen LogP contribution in [-0.4, -0.2) is 18.1 Å². The monoisotopic (exact) mass is 357 g/mol. The minimum absolute atomic E-state index is 0.0629. The third kappa shape index (κ3) is 3.41. The summed E-state index contributed by atoms with van der Waals surface area (Å²) >= 11 is 0. The first-order chi connectivity index (χ1) is 12.0. The standard InChI is InChI=1S/C18H19N3O3S/c1-2-3-13-21-16-12-8-7-11-15(16)17(18(21)22)19-20-25(23,24)14-9-5-4-6-10-14/h4-12,22H,2-3,13H2,1H3.